The number of para-hydroxylation sites is 2. The number of aromatic nitrogens is 2. The van der Waals surface area contributed by atoms with Crippen LogP contribution >= 0.6 is 0 Å². The Balaban J connectivity index is 1.34. The number of nitrogens with zero attached hydrogens (tertiary/aromatic N) is 2. The number of rotatable bonds is 9. The quantitative estimate of drug-likeness (QED) is 0.227. The minimum absolute atomic E-state index is 0.148. The zero-order chi connectivity index (χ0) is 28.0. The summed E-state index contributed by atoms with van der Waals surface area (Å²) in [4.78, 5) is 37.6. The van der Waals surface area contributed by atoms with Crippen LogP contribution in [-0.2, 0) is 24.3 Å². The molecule has 0 aliphatic rings. The highest BCUT2D eigenvalue weighted by Gasteiger charge is 2.28. The number of H-pyrrole nitrogens is 1. The molecular formula is C35H30N4O2. The molecule has 41 heavy (non-hydrogen) atoms. The van der Waals surface area contributed by atoms with Gasteiger partial charge < -0.3 is 15.2 Å². The van der Waals surface area contributed by atoms with E-state index in [1.165, 1.54) is 0 Å². The Bertz CT molecular complexity index is 1760. The van der Waals surface area contributed by atoms with Crippen molar-refractivity contribution in [2.24, 2.45) is 0 Å². The van der Waals surface area contributed by atoms with Gasteiger partial charge in [-0.15, -0.1) is 0 Å². The number of benzene rings is 4. The van der Waals surface area contributed by atoms with Crippen molar-refractivity contribution in [1.29, 1.82) is 0 Å². The summed E-state index contributed by atoms with van der Waals surface area (Å²) in [5.41, 5.74) is 5.23. The van der Waals surface area contributed by atoms with E-state index in [2.05, 4.69) is 15.3 Å². The molecular weight excluding hydrogens is 508 g/mol. The molecule has 2 aromatic heterocycles. The van der Waals surface area contributed by atoms with Crippen molar-refractivity contribution >= 4 is 33.6 Å². The Kier molecular flexibility index (Phi) is 7.54. The lowest BCUT2D eigenvalue weighted by Crippen LogP contribution is -2.49. The molecule has 0 radical (unpaired) electrons. The smallest absolute Gasteiger partial charge is 0.253 e. The van der Waals surface area contributed by atoms with Crippen molar-refractivity contribution in [3.63, 3.8) is 0 Å². The lowest BCUT2D eigenvalue weighted by Gasteiger charge is -2.28. The highest BCUT2D eigenvalue weighted by molar-refractivity contribution is 6.00. The van der Waals surface area contributed by atoms with E-state index in [-0.39, 0.29) is 11.8 Å². The molecule has 2 amide bonds. The fraction of sp³-hybridized carbons (Fsp3) is 0.114. The fourth-order valence-electron chi connectivity index (χ4n) is 5.20. The van der Waals surface area contributed by atoms with Gasteiger partial charge in [-0.05, 0) is 34.9 Å². The predicted molar refractivity (Wildman–Crippen MR) is 162 cm³/mol. The summed E-state index contributed by atoms with van der Waals surface area (Å²) in [6.45, 7) is 0.846. The molecule has 0 saturated heterocycles. The molecule has 2 N–H and O–H groups in total. The van der Waals surface area contributed by atoms with E-state index in [1.807, 2.05) is 126 Å². The predicted octanol–water partition coefficient (Wildman–Crippen LogP) is 6.29. The van der Waals surface area contributed by atoms with Crippen LogP contribution in [0, 0.1) is 0 Å². The van der Waals surface area contributed by atoms with Crippen LogP contribution in [0.4, 0.5) is 0 Å². The molecule has 6 aromatic rings. The average molecular weight is 539 g/mol. The van der Waals surface area contributed by atoms with E-state index in [4.69, 9.17) is 0 Å². The summed E-state index contributed by atoms with van der Waals surface area (Å²) in [7, 11) is 0. The van der Waals surface area contributed by atoms with E-state index in [0.29, 0.717) is 25.1 Å². The van der Waals surface area contributed by atoms with E-state index < -0.39 is 6.04 Å². The summed E-state index contributed by atoms with van der Waals surface area (Å²) in [6.07, 6.45) is 3.83. The maximum atomic E-state index is 14.4. The minimum Gasteiger partial charge on any atom is -0.361 e. The topological polar surface area (TPSA) is 78.1 Å². The maximum Gasteiger partial charge on any atom is 0.253 e. The highest BCUT2D eigenvalue weighted by Crippen LogP contribution is 2.21. The first-order valence-electron chi connectivity index (χ1n) is 13.7. The number of hydrogen-bond donors (Lipinski definition) is 2. The van der Waals surface area contributed by atoms with Gasteiger partial charge >= 0.3 is 0 Å². The van der Waals surface area contributed by atoms with Crippen molar-refractivity contribution in [1.82, 2.24) is 20.2 Å². The average Bonchev–Trinajstić information content (AvgIpc) is 3.43. The van der Waals surface area contributed by atoms with Gasteiger partial charge in [0.25, 0.3) is 5.91 Å². The Morgan fingerprint density at radius 2 is 1.41 bits per heavy atom. The van der Waals surface area contributed by atoms with Crippen molar-refractivity contribution in [2.45, 2.75) is 25.6 Å². The first kappa shape index (κ1) is 26.0. The van der Waals surface area contributed by atoms with Gasteiger partial charge in [-0.2, -0.15) is 0 Å². The van der Waals surface area contributed by atoms with Crippen LogP contribution in [0.25, 0.3) is 21.8 Å². The zero-order valence-electron chi connectivity index (χ0n) is 22.5. The van der Waals surface area contributed by atoms with Gasteiger partial charge in [-0.25, -0.2) is 0 Å². The van der Waals surface area contributed by atoms with Crippen LogP contribution in [0.2, 0.25) is 0 Å². The van der Waals surface area contributed by atoms with Gasteiger partial charge in [0.1, 0.15) is 6.04 Å². The number of nitrogens with one attached hydrogen (secondary N) is 2. The number of aromatic amines is 1. The Morgan fingerprint density at radius 1 is 0.780 bits per heavy atom. The second-order valence-electron chi connectivity index (χ2n) is 10.2. The fourth-order valence-corrected chi connectivity index (χ4v) is 5.20. The number of carbonyl (C=O) groups is 2. The van der Waals surface area contributed by atoms with E-state index in [1.54, 1.807) is 6.20 Å². The monoisotopic (exact) mass is 538 g/mol. The molecule has 0 spiro atoms. The highest BCUT2D eigenvalue weighted by atomic mass is 16.2. The van der Waals surface area contributed by atoms with Gasteiger partial charge in [0.2, 0.25) is 5.91 Å². The van der Waals surface area contributed by atoms with E-state index >= 15 is 0 Å². The van der Waals surface area contributed by atoms with Crippen molar-refractivity contribution in [3.8, 4) is 0 Å². The van der Waals surface area contributed by atoms with Gasteiger partial charge in [0.05, 0.1) is 11.1 Å². The zero-order valence-corrected chi connectivity index (χ0v) is 22.5. The molecule has 0 bridgehead atoms. The summed E-state index contributed by atoms with van der Waals surface area (Å²) in [5.74, 6) is -0.481. The third-order valence-electron chi connectivity index (χ3n) is 7.30. The number of pyridine rings is 1. The van der Waals surface area contributed by atoms with Crippen LogP contribution in [0.3, 0.4) is 0 Å². The van der Waals surface area contributed by atoms with Gasteiger partial charge in [0.15, 0.2) is 0 Å². The summed E-state index contributed by atoms with van der Waals surface area (Å²) in [5, 5.41) is 4.97. The number of carbonyl (C=O) groups excluding carboxylic acids is 2. The minimum atomic E-state index is -0.791. The van der Waals surface area contributed by atoms with Crippen molar-refractivity contribution in [3.05, 3.63) is 150 Å². The van der Waals surface area contributed by atoms with Crippen LogP contribution in [0.5, 0.6) is 0 Å². The maximum absolute atomic E-state index is 14.4. The van der Waals surface area contributed by atoms with E-state index in [0.717, 1.165) is 38.5 Å². The first-order valence-corrected chi connectivity index (χ1v) is 13.7. The molecule has 0 unspecified atom stereocenters. The number of amides is 2. The molecule has 0 fully saturated rings. The lowest BCUT2D eigenvalue weighted by molar-refractivity contribution is -0.134. The molecule has 2 heterocycles. The second kappa shape index (κ2) is 11.9. The first-order chi connectivity index (χ1) is 20.1. The third-order valence-corrected chi connectivity index (χ3v) is 7.30. The van der Waals surface area contributed by atoms with Crippen molar-refractivity contribution in [2.75, 3.05) is 0 Å². The molecule has 0 aliphatic carbocycles. The van der Waals surface area contributed by atoms with Crippen LogP contribution in [-0.4, -0.2) is 32.7 Å². The largest absolute Gasteiger partial charge is 0.361 e. The Morgan fingerprint density at radius 3 is 2.15 bits per heavy atom. The lowest BCUT2D eigenvalue weighted by atomic mass is 10.0. The number of fused-ring (bicyclic) bond motifs is 2. The van der Waals surface area contributed by atoms with Crippen molar-refractivity contribution < 1.29 is 9.59 Å². The summed E-state index contributed by atoms with van der Waals surface area (Å²) < 4.78 is 0. The molecule has 6 nitrogen and oxygen atoms in total. The van der Waals surface area contributed by atoms with Crippen LogP contribution in [0.15, 0.2) is 128 Å². The van der Waals surface area contributed by atoms with Gasteiger partial charge in [0, 0.05) is 48.2 Å². The SMILES string of the molecule is O=C(N[C@@H](Cc1c[nH]c2ccccc12)C(=O)N(Cc1ccccc1)Cc1ccccc1)c1cnc2ccccc2c1. The molecule has 1 atom stereocenters. The van der Waals surface area contributed by atoms with Crippen LogP contribution < -0.4 is 5.32 Å². The summed E-state index contributed by atoms with van der Waals surface area (Å²) >= 11 is 0. The summed E-state index contributed by atoms with van der Waals surface area (Å²) in [6, 6.07) is 36.5. The second-order valence-corrected chi connectivity index (χ2v) is 10.2. The molecule has 6 rings (SSSR count). The standard InChI is InChI=1S/C35H30N4O2/c40-34(29-19-27-15-7-9-17-31(27)36-22-29)38-33(20-28-21-37-32-18-10-8-16-30(28)32)35(41)39(23-25-11-3-1-4-12-25)24-26-13-5-2-6-14-26/h1-19,21-22,33,37H,20,23-24H2,(H,38,40)/t33-/m0/s1. The Hall–Kier alpha value is -5.23. The van der Waals surface area contributed by atoms with Gasteiger partial charge in [-0.1, -0.05) is 97.1 Å². The molecule has 0 aliphatic heterocycles. The van der Waals surface area contributed by atoms with Gasteiger partial charge in [-0.3, -0.25) is 14.6 Å². The number of hydrogen-bond acceptors (Lipinski definition) is 3. The third kappa shape index (κ3) is 6.02. The van der Waals surface area contributed by atoms with Crippen LogP contribution in [0.1, 0.15) is 27.0 Å². The normalized spacial score (nSPS) is 11.8. The Labute approximate surface area is 238 Å². The molecule has 202 valence electrons. The molecule has 0 saturated carbocycles. The molecule has 4 aromatic carbocycles. The van der Waals surface area contributed by atoms with E-state index in [9.17, 15) is 9.59 Å². The molecule has 6 heteroatoms.